The van der Waals surface area contributed by atoms with E-state index in [2.05, 4.69) is 0 Å². The Balaban J connectivity index is 2.30. The lowest BCUT2D eigenvalue weighted by atomic mass is 10.1. The Morgan fingerprint density at radius 3 is 2.32 bits per heavy atom. The summed E-state index contributed by atoms with van der Waals surface area (Å²) in [7, 11) is 1.34. The third-order valence-electron chi connectivity index (χ3n) is 3.65. The van der Waals surface area contributed by atoms with Gasteiger partial charge in [-0.1, -0.05) is 30.3 Å². The molecule has 0 unspecified atom stereocenters. The molecule has 1 amide bonds. The van der Waals surface area contributed by atoms with Gasteiger partial charge in [0.25, 0.3) is 0 Å². The molecule has 1 aliphatic rings. The summed E-state index contributed by atoms with van der Waals surface area (Å²) < 4.78 is 10.3. The minimum Gasteiger partial charge on any atom is -0.467 e. The van der Waals surface area contributed by atoms with Crippen LogP contribution in [0.4, 0.5) is 4.79 Å². The minimum absolute atomic E-state index is 0.167. The summed E-state index contributed by atoms with van der Waals surface area (Å²) in [6.07, 6.45) is 0.809. The van der Waals surface area contributed by atoms with Crippen LogP contribution in [0.2, 0.25) is 0 Å². The third kappa shape index (κ3) is 3.59. The van der Waals surface area contributed by atoms with Crippen molar-refractivity contribution in [1.82, 2.24) is 4.90 Å². The van der Waals surface area contributed by atoms with Crippen LogP contribution in [-0.2, 0) is 14.3 Å². The molecule has 2 rings (SSSR count). The molecule has 2 atom stereocenters. The number of amides is 1. The molecule has 0 aliphatic carbocycles. The first-order chi connectivity index (χ1) is 10.3. The quantitative estimate of drug-likeness (QED) is 0.787. The van der Waals surface area contributed by atoms with E-state index in [-0.39, 0.29) is 6.04 Å². The van der Waals surface area contributed by atoms with Gasteiger partial charge in [-0.15, -0.1) is 0 Å². The minimum atomic E-state index is -0.610. The number of esters is 1. The molecule has 5 heteroatoms. The molecule has 0 saturated carbocycles. The van der Waals surface area contributed by atoms with Crippen molar-refractivity contribution >= 4 is 12.1 Å². The van der Waals surface area contributed by atoms with Crippen LogP contribution in [0.3, 0.4) is 0 Å². The molecule has 1 heterocycles. The van der Waals surface area contributed by atoms with Crippen LogP contribution in [0, 0.1) is 0 Å². The van der Waals surface area contributed by atoms with Gasteiger partial charge >= 0.3 is 12.1 Å². The summed E-state index contributed by atoms with van der Waals surface area (Å²) in [4.78, 5) is 26.1. The zero-order chi connectivity index (χ0) is 16.3. The molecule has 0 N–H and O–H groups in total. The monoisotopic (exact) mass is 305 g/mol. The summed E-state index contributed by atoms with van der Waals surface area (Å²) in [5.74, 6) is -0.399. The van der Waals surface area contributed by atoms with Crippen LogP contribution < -0.4 is 0 Å². The van der Waals surface area contributed by atoms with Crippen LogP contribution in [0.25, 0.3) is 0 Å². The third-order valence-corrected chi connectivity index (χ3v) is 3.65. The number of hydrogen-bond donors (Lipinski definition) is 0. The highest BCUT2D eigenvalue weighted by atomic mass is 16.6. The van der Waals surface area contributed by atoms with Crippen molar-refractivity contribution in [2.24, 2.45) is 0 Å². The number of methoxy groups -OCH3 is 1. The van der Waals surface area contributed by atoms with Crippen molar-refractivity contribution in [3.8, 4) is 0 Å². The van der Waals surface area contributed by atoms with Gasteiger partial charge in [0, 0.05) is 0 Å². The Morgan fingerprint density at radius 2 is 1.77 bits per heavy atom. The van der Waals surface area contributed by atoms with E-state index in [0.29, 0.717) is 12.8 Å². The van der Waals surface area contributed by atoms with E-state index >= 15 is 0 Å². The first-order valence-electron chi connectivity index (χ1n) is 7.47. The Bertz CT molecular complexity index is 535. The van der Waals surface area contributed by atoms with Gasteiger partial charge in [-0.3, -0.25) is 4.90 Å². The Labute approximate surface area is 131 Å². The average Bonchev–Trinajstić information content (AvgIpc) is 2.90. The van der Waals surface area contributed by atoms with Gasteiger partial charge in [0.2, 0.25) is 0 Å². The molecule has 1 saturated heterocycles. The molecule has 0 aromatic heterocycles. The largest absolute Gasteiger partial charge is 0.467 e. The van der Waals surface area contributed by atoms with Crippen LogP contribution >= 0.6 is 0 Å². The highest BCUT2D eigenvalue weighted by Crippen LogP contribution is 2.37. The molecule has 1 aromatic rings. The van der Waals surface area contributed by atoms with Gasteiger partial charge in [0.1, 0.15) is 11.6 Å². The zero-order valence-electron chi connectivity index (χ0n) is 13.5. The molecular formula is C17H23NO4. The van der Waals surface area contributed by atoms with E-state index in [4.69, 9.17) is 9.47 Å². The van der Waals surface area contributed by atoms with Crippen LogP contribution in [0.1, 0.15) is 45.2 Å². The van der Waals surface area contributed by atoms with Gasteiger partial charge < -0.3 is 9.47 Å². The fraction of sp³-hybridized carbons (Fsp3) is 0.529. The second kappa shape index (κ2) is 6.38. The number of likely N-dealkylation sites (tertiary alicyclic amines) is 1. The van der Waals surface area contributed by atoms with E-state index in [9.17, 15) is 9.59 Å². The number of ether oxygens (including phenoxy) is 2. The number of nitrogens with zero attached hydrogens (tertiary/aromatic N) is 1. The lowest BCUT2D eigenvalue weighted by Crippen LogP contribution is -2.44. The number of carbonyl (C=O) groups is 2. The van der Waals surface area contributed by atoms with Crippen molar-refractivity contribution in [3.63, 3.8) is 0 Å². The van der Waals surface area contributed by atoms with Gasteiger partial charge in [-0.25, -0.2) is 9.59 Å². The van der Waals surface area contributed by atoms with E-state index < -0.39 is 23.7 Å². The summed E-state index contributed by atoms with van der Waals surface area (Å²) in [6.45, 7) is 5.43. The first kappa shape index (κ1) is 16.3. The molecule has 0 spiro atoms. The average molecular weight is 305 g/mol. The van der Waals surface area contributed by atoms with E-state index in [0.717, 1.165) is 5.56 Å². The number of carbonyl (C=O) groups excluding carboxylic acids is 2. The lowest BCUT2D eigenvalue weighted by molar-refractivity contribution is -0.146. The normalized spacial score (nSPS) is 21.5. The van der Waals surface area contributed by atoms with E-state index in [1.807, 2.05) is 51.1 Å². The standard InChI is InChI=1S/C17H23NO4/c1-17(2,3)22-16(20)18-13(12-8-6-5-7-9-12)10-11-14(18)15(19)21-4/h5-9,13-14H,10-11H2,1-4H3/t13-,14+/m1/s1. The van der Waals surface area contributed by atoms with Gasteiger partial charge in [0.15, 0.2) is 0 Å². The van der Waals surface area contributed by atoms with Gasteiger partial charge in [0.05, 0.1) is 13.2 Å². The predicted molar refractivity (Wildman–Crippen MR) is 82.3 cm³/mol. The van der Waals surface area contributed by atoms with Crippen molar-refractivity contribution in [2.45, 2.75) is 51.3 Å². The summed E-state index contributed by atoms with van der Waals surface area (Å²) in [6, 6.07) is 8.93. The number of benzene rings is 1. The molecule has 5 nitrogen and oxygen atoms in total. The maximum absolute atomic E-state index is 12.6. The van der Waals surface area contributed by atoms with Crippen molar-refractivity contribution < 1.29 is 19.1 Å². The molecule has 120 valence electrons. The van der Waals surface area contributed by atoms with Crippen molar-refractivity contribution in [1.29, 1.82) is 0 Å². The topological polar surface area (TPSA) is 55.8 Å². The summed E-state index contributed by atoms with van der Waals surface area (Å²) in [5.41, 5.74) is 0.390. The molecule has 1 aromatic carbocycles. The van der Waals surface area contributed by atoms with Gasteiger partial charge in [-0.2, -0.15) is 0 Å². The zero-order valence-corrected chi connectivity index (χ0v) is 13.5. The molecule has 1 fully saturated rings. The van der Waals surface area contributed by atoms with Crippen LogP contribution in [-0.4, -0.2) is 35.7 Å². The van der Waals surface area contributed by atoms with Crippen LogP contribution in [0.5, 0.6) is 0 Å². The Morgan fingerprint density at radius 1 is 1.14 bits per heavy atom. The molecule has 1 aliphatic heterocycles. The number of rotatable bonds is 2. The van der Waals surface area contributed by atoms with E-state index in [1.165, 1.54) is 12.0 Å². The van der Waals surface area contributed by atoms with E-state index in [1.54, 1.807) is 0 Å². The molecular weight excluding hydrogens is 282 g/mol. The predicted octanol–water partition coefficient (Wildman–Crippen LogP) is 3.30. The van der Waals surface area contributed by atoms with Crippen LogP contribution in [0.15, 0.2) is 30.3 Å². The lowest BCUT2D eigenvalue weighted by Gasteiger charge is -2.31. The fourth-order valence-corrected chi connectivity index (χ4v) is 2.75. The van der Waals surface area contributed by atoms with Crippen molar-refractivity contribution in [2.75, 3.05) is 7.11 Å². The summed E-state index contributed by atoms with van der Waals surface area (Å²) >= 11 is 0. The fourth-order valence-electron chi connectivity index (χ4n) is 2.75. The molecule has 0 bridgehead atoms. The summed E-state index contributed by atoms with van der Waals surface area (Å²) in [5, 5.41) is 0. The second-order valence-corrected chi connectivity index (χ2v) is 6.43. The number of hydrogen-bond acceptors (Lipinski definition) is 4. The van der Waals surface area contributed by atoms with Crippen molar-refractivity contribution in [3.05, 3.63) is 35.9 Å². The van der Waals surface area contributed by atoms with Gasteiger partial charge in [-0.05, 0) is 39.2 Å². The maximum Gasteiger partial charge on any atom is 0.411 e. The SMILES string of the molecule is COC(=O)[C@@H]1CC[C@H](c2ccccc2)N1C(=O)OC(C)(C)C. The Hall–Kier alpha value is -2.04. The first-order valence-corrected chi connectivity index (χ1v) is 7.47. The smallest absolute Gasteiger partial charge is 0.411 e. The molecule has 0 radical (unpaired) electrons. The highest BCUT2D eigenvalue weighted by molar-refractivity contribution is 5.82. The second-order valence-electron chi connectivity index (χ2n) is 6.43. The Kier molecular flexibility index (Phi) is 4.74. The molecule has 22 heavy (non-hydrogen) atoms. The maximum atomic E-state index is 12.6. The highest BCUT2D eigenvalue weighted by Gasteiger charge is 2.44.